The van der Waals surface area contributed by atoms with Crippen molar-refractivity contribution < 1.29 is 4.79 Å². The quantitative estimate of drug-likeness (QED) is 0.638. The smallest absolute Gasteiger partial charge is 0.160 e. The van der Waals surface area contributed by atoms with Crippen molar-refractivity contribution >= 4 is 16.7 Å². The maximum atomic E-state index is 11.8. The number of ketones is 1. The van der Waals surface area contributed by atoms with E-state index in [1.165, 1.54) is 0 Å². The molecule has 3 rings (SSSR count). The summed E-state index contributed by atoms with van der Waals surface area (Å²) in [6.45, 7) is 1.60. The van der Waals surface area contributed by atoms with Gasteiger partial charge in [-0.1, -0.05) is 42.5 Å². The van der Waals surface area contributed by atoms with E-state index < -0.39 is 0 Å². The van der Waals surface area contributed by atoms with Crippen molar-refractivity contribution in [3.8, 4) is 11.1 Å². The molecule has 1 aromatic heterocycles. The number of carbonyl (C=O) groups is 1. The lowest BCUT2D eigenvalue weighted by atomic mass is 9.95. The molecule has 0 unspecified atom stereocenters. The number of fused-ring (bicyclic) bond motifs is 1. The van der Waals surface area contributed by atoms with Gasteiger partial charge in [-0.3, -0.25) is 9.78 Å². The van der Waals surface area contributed by atoms with Gasteiger partial charge in [-0.05, 0) is 30.2 Å². The number of pyridine rings is 1. The first-order valence-electron chi connectivity index (χ1n) is 6.21. The van der Waals surface area contributed by atoms with Gasteiger partial charge >= 0.3 is 0 Å². The SMILES string of the molecule is CC(=O)c1ccccc1-c1ccnc2ccccc12. The summed E-state index contributed by atoms with van der Waals surface area (Å²) < 4.78 is 0. The van der Waals surface area contributed by atoms with Crippen LogP contribution in [0.1, 0.15) is 17.3 Å². The Kier molecular flexibility index (Phi) is 2.84. The average Bonchev–Trinajstić information content (AvgIpc) is 2.46. The first-order valence-corrected chi connectivity index (χ1v) is 6.21. The topological polar surface area (TPSA) is 30.0 Å². The minimum absolute atomic E-state index is 0.0801. The predicted octanol–water partition coefficient (Wildman–Crippen LogP) is 4.10. The highest BCUT2D eigenvalue weighted by atomic mass is 16.1. The molecular weight excluding hydrogens is 234 g/mol. The van der Waals surface area contributed by atoms with Gasteiger partial charge in [0.2, 0.25) is 0 Å². The Morgan fingerprint density at radius 3 is 2.47 bits per heavy atom. The van der Waals surface area contributed by atoms with Crippen LogP contribution in [-0.4, -0.2) is 10.8 Å². The summed E-state index contributed by atoms with van der Waals surface area (Å²) in [4.78, 5) is 16.1. The minimum Gasteiger partial charge on any atom is -0.294 e. The third-order valence-electron chi connectivity index (χ3n) is 3.25. The summed E-state index contributed by atoms with van der Waals surface area (Å²) in [7, 11) is 0. The van der Waals surface area contributed by atoms with Crippen molar-refractivity contribution in [1.29, 1.82) is 0 Å². The molecular formula is C17H13NO. The van der Waals surface area contributed by atoms with Gasteiger partial charge in [0.1, 0.15) is 0 Å². The molecule has 0 saturated heterocycles. The average molecular weight is 247 g/mol. The van der Waals surface area contributed by atoms with E-state index in [2.05, 4.69) is 4.98 Å². The zero-order valence-corrected chi connectivity index (χ0v) is 10.6. The molecule has 1 heterocycles. The van der Waals surface area contributed by atoms with E-state index in [9.17, 15) is 4.79 Å². The molecule has 0 aliphatic carbocycles. The normalized spacial score (nSPS) is 10.6. The molecule has 0 saturated carbocycles. The first-order chi connectivity index (χ1) is 9.27. The van der Waals surface area contributed by atoms with Crippen LogP contribution in [0.4, 0.5) is 0 Å². The molecule has 0 fully saturated rings. The van der Waals surface area contributed by atoms with Crippen LogP contribution in [-0.2, 0) is 0 Å². The molecule has 0 bridgehead atoms. The first kappa shape index (κ1) is 11.6. The Morgan fingerprint density at radius 1 is 0.895 bits per heavy atom. The molecule has 2 aromatic carbocycles. The van der Waals surface area contributed by atoms with Crippen molar-refractivity contribution in [2.24, 2.45) is 0 Å². The summed E-state index contributed by atoms with van der Waals surface area (Å²) in [6.07, 6.45) is 1.79. The number of aromatic nitrogens is 1. The molecule has 0 aliphatic rings. The van der Waals surface area contributed by atoms with Crippen LogP contribution in [0.25, 0.3) is 22.0 Å². The summed E-state index contributed by atoms with van der Waals surface area (Å²) in [5.41, 5.74) is 3.71. The van der Waals surface area contributed by atoms with E-state index in [4.69, 9.17) is 0 Å². The molecule has 0 N–H and O–H groups in total. The van der Waals surface area contributed by atoms with Crippen molar-refractivity contribution in [2.45, 2.75) is 6.92 Å². The van der Waals surface area contributed by atoms with Gasteiger partial charge in [0.05, 0.1) is 5.52 Å². The lowest BCUT2D eigenvalue weighted by Gasteiger charge is -2.09. The van der Waals surface area contributed by atoms with Crippen LogP contribution in [0.15, 0.2) is 60.8 Å². The van der Waals surface area contributed by atoms with Crippen molar-refractivity contribution in [1.82, 2.24) is 4.98 Å². The number of rotatable bonds is 2. The van der Waals surface area contributed by atoms with E-state index in [-0.39, 0.29) is 5.78 Å². The standard InChI is InChI=1S/C17H13NO/c1-12(19)13-6-2-3-7-14(13)15-10-11-18-17-9-5-4-8-16(15)17/h2-11H,1H3. The van der Waals surface area contributed by atoms with E-state index in [1.54, 1.807) is 13.1 Å². The zero-order chi connectivity index (χ0) is 13.2. The monoisotopic (exact) mass is 247 g/mol. The summed E-state index contributed by atoms with van der Waals surface area (Å²) in [6, 6.07) is 17.6. The molecule has 19 heavy (non-hydrogen) atoms. The Hall–Kier alpha value is -2.48. The maximum Gasteiger partial charge on any atom is 0.160 e. The van der Waals surface area contributed by atoms with E-state index in [1.807, 2.05) is 54.6 Å². The van der Waals surface area contributed by atoms with Crippen LogP contribution in [0.2, 0.25) is 0 Å². The Balaban J connectivity index is 2.34. The van der Waals surface area contributed by atoms with Gasteiger partial charge in [-0.25, -0.2) is 0 Å². The van der Waals surface area contributed by atoms with Crippen LogP contribution < -0.4 is 0 Å². The molecule has 2 heteroatoms. The second-order valence-electron chi connectivity index (χ2n) is 4.48. The van der Waals surface area contributed by atoms with Gasteiger partial charge in [0, 0.05) is 17.1 Å². The second kappa shape index (κ2) is 4.65. The van der Waals surface area contributed by atoms with Gasteiger partial charge < -0.3 is 0 Å². The van der Waals surface area contributed by atoms with E-state index >= 15 is 0 Å². The molecule has 0 amide bonds. The van der Waals surface area contributed by atoms with E-state index in [0.29, 0.717) is 0 Å². The van der Waals surface area contributed by atoms with Gasteiger partial charge in [-0.15, -0.1) is 0 Å². The zero-order valence-electron chi connectivity index (χ0n) is 10.6. The summed E-state index contributed by atoms with van der Waals surface area (Å²) >= 11 is 0. The summed E-state index contributed by atoms with van der Waals surface area (Å²) in [5, 5.41) is 1.07. The van der Waals surface area contributed by atoms with Crippen molar-refractivity contribution in [3.63, 3.8) is 0 Å². The molecule has 2 nitrogen and oxygen atoms in total. The number of carbonyl (C=O) groups excluding carboxylic acids is 1. The number of benzene rings is 2. The molecule has 0 atom stereocenters. The molecule has 3 aromatic rings. The maximum absolute atomic E-state index is 11.8. The highest BCUT2D eigenvalue weighted by Crippen LogP contribution is 2.30. The van der Waals surface area contributed by atoms with Crippen LogP contribution in [0.3, 0.4) is 0 Å². The Labute approximate surface area is 111 Å². The largest absolute Gasteiger partial charge is 0.294 e. The third-order valence-corrected chi connectivity index (χ3v) is 3.25. The molecule has 92 valence electrons. The van der Waals surface area contributed by atoms with Crippen molar-refractivity contribution in [3.05, 3.63) is 66.4 Å². The lowest BCUT2D eigenvalue weighted by Crippen LogP contribution is -1.96. The number of hydrogen-bond acceptors (Lipinski definition) is 2. The number of hydrogen-bond donors (Lipinski definition) is 0. The predicted molar refractivity (Wildman–Crippen MR) is 77.2 cm³/mol. The number of Topliss-reactive ketones (excluding diaryl/α,β-unsaturated/α-hetero) is 1. The van der Waals surface area contributed by atoms with Crippen LogP contribution in [0, 0.1) is 0 Å². The van der Waals surface area contributed by atoms with Gasteiger partial charge in [0.15, 0.2) is 5.78 Å². The highest BCUT2D eigenvalue weighted by Gasteiger charge is 2.10. The number of nitrogens with zero attached hydrogens (tertiary/aromatic N) is 1. The molecule has 0 aliphatic heterocycles. The Morgan fingerprint density at radius 2 is 1.63 bits per heavy atom. The summed E-state index contributed by atoms with van der Waals surface area (Å²) in [5.74, 6) is 0.0801. The van der Waals surface area contributed by atoms with Crippen molar-refractivity contribution in [2.75, 3.05) is 0 Å². The number of para-hydroxylation sites is 1. The van der Waals surface area contributed by atoms with Gasteiger partial charge in [0.25, 0.3) is 0 Å². The molecule has 0 spiro atoms. The highest BCUT2D eigenvalue weighted by molar-refractivity contribution is 6.05. The fourth-order valence-corrected chi connectivity index (χ4v) is 2.36. The van der Waals surface area contributed by atoms with E-state index in [0.717, 1.165) is 27.6 Å². The van der Waals surface area contributed by atoms with Crippen LogP contribution >= 0.6 is 0 Å². The fraction of sp³-hybridized carbons (Fsp3) is 0.0588. The second-order valence-corrected chi connectivity index (χ2v) is 4.48. The fourth-order valence-electron chi connectivity index (χ4n) is 2.36. The van der Waals surface area contributed by atoms with Gasteiger partial charge in [-0.2, -0.15) is 0 Å². The van der Waals surface area contributed by atoms with Crippen LogP contribution in [0.5, 0.6) is 0 Å². The lowest BCUT2D eigenvalue weighted by molar-refractivity contribution is 0.101. The minimum atomic E-state index is 0.0801. The third kappa shape index (κ3) is 2.02. The Bertz CT molecular complexity index is 757. The molecule has 0 radical (unpaired) electrons.